The maximum Gasteiger partial charge on any atom is 0.142 e. The fourth-order valence-electron chi connectivity index (χ4n) is 1.92. The van der Waals surface area contributed by atoms with E-state index in [1.54, 1.807) is 0 Å². The molecule has 1 aliphatic heterocycles. The number of hydrogen-bond donors (Lipinski definition) is 1. The fraction of sp³-hybridized carbons (Fsp3) is 0.455. The number of nitrogens with zero attached hydrogens (tertiary/aromatic N) is 1. The van der Waals surface area contributed by atoms with Gasteiger partial charge < -0.3 is 10.6 Å². The Balaban J connectivity index is 2.18. The topological polar surface area (TPSA) is 29.3 Å². The lowest BCUT2D eigenvalue weighted by molar-refractivity contribution is 0.204. The van der Waals surface area contributed by atoms with Gasteiger partial charge in [0.15, 0.2) is 0 Å². The highest BCUT2D eigenvalue weighted by atomic mass is 35.5. The molecular formula is C11H14ClFN2. The molecule has 2 rings (SSSR count). The van der Waals surface area contributed by atoms with Crippen LogP contribution < -0.4 is 10.6 Å². The van der Waals surface area contributed by atoms with E-state index in [-0.39, 0.29) is 6.54 Å². The predicted octanol–water partition coefficient (Wildman–Crippen LogP) is 2.22. The van der Waals surface area contributed by atoms with Crippen LogP contribution in [-0.4, -0.2) is 25.3 Å². The van der Waals surface area contributed by atoms with Crippen LogP contribution in [-0.2, 0) is 0 Å². The first-order chi connectivity index (χ1) is 7.14. The summed E-state index contributed by atoms with van der Waals surface area (Å²) in [6.45, 7) is 1.10. The average Bonchev–Trinajstić information content (AvgIpc) is 2.63. The molecule has 1 aromatic rings. The van der Waals surface area contributed by atoms with Gasteiger partial charge in [0.05, 0.1) is 17.3 Å². The molecule has 82 valence electrons. The summed E-state index contributed by atoms with van der Waals surface area (Å²) in [6, 6.07) is 7.50. The van der Waals surface area contributed by atoms with Crippen LogP contribution in [0.5, 0.6) is 0 Å². The van der Waals surface area contributed by atoms with E-state index in [0.29, 0.717) is 24.5 Å². The van der Waals surface area contributed by atoms with Crippen molar-refractivity contribution in [2.45, 2.75) is 12.1 Å². The third-order valence-corrected chi connectivity index (χ3v) is 3.18. The van der Waals surface area contributed by atoms with Crippen molar-refractivity contribution in [2.75, 3.05) is 24.5 Å². The van der Waals surface area contributed by atoms with Gasteiger partial charge in [-0.15, -0.1) is 0 Å². The molecule has 0 aromatic heterocycles. The van der Waals surface area contributed by atoms with Gasteiger partial charge in [-0.25, -0.2) is 4.39 Å². The van der Waals surface area contributed by atoms with Crippen LogP contribution in [0.2, 0.25) is 5.02 Å². The van der Waals surface area contributed by atoms with Crippen molar-refractivity contribution < 1.29 is 4.39 Å². The number of nitrogens with two attached hydrogens (primary N) is 1. The van der Waals surface area contributed by atoms with E-state index in [0.717, 1.165) is 5.69 Å². The van der Waals surface area contributed by atoms with Crippen molar-refractivity contribution in [3.8, 4) is 0 Å². The van der Waals surface area contributed by atoms with E-state index in [2.05, 4.69) is 0 Å². The first-order valence-electron chi connectivity index (χ1n) is 5.03. The van der Waals surface area contributed by atoms with Gasteiger partial charge in [0.2, 0.25) is 0 Å². The van der Waals surface area contributed by atoms with Crippen LogP contribution in [0.25, 0.3) is 0 Å². The molecule has 15 heavy (non-hydrogen) atoms. The maximum atomic E-state index is 13.9. The van der Waals surface area contributed by atoms with Crippen LogP contribution in [0.4, 0.5) is 10.1 Å². The van der Waals surface area contributed by atoms with E-state index in [1.807, 2.05) is 29.2 Å². The lowest BCUT2D eigenvalue weighted by Crippen LogP contribution is -2.36. The molecule has 0 amide bonds. The predicted molar refractivity (Wildman–Crippen MR) is 61.2 cm³/mol. The molecule has 1 aromatic carbocycles. The van der Waals surface area contributed by atoms with E-state index < -0.39 is 5.67 Å². The number of para-hydroxylation sites is 1. The summed E-state index contributed by atoms with van der Waals surface area (Å²) in [5.41, 5.74) is 5.06. The Morgan fingerprint density at radius 2 is 2.20 bits per heavy atom. The van der Waals surface area contributed by atoms with E-state index in [4.69, 9.17) is 17.3 Å². The van der Waals surface area contributed by atoms with Crippen molar-refractivity contribution in [1.29, 1.82) is 0 Å². The fourth-order valence-corrected chi connectivity index (χ4v) is 2.17. The Kier molecular flexibility index (Phi) is 2.85. The molecule has 1 heterocycles. The van der Waals surface area contributed by atoms with Gasteiger partial charge in [-0.3, -0.25) is 0 Å². The molecule has 1 aliphatic rings. The molecule has 0 aliphatic carbocycles. The summed E-state index contributed by atoms with van der Waals surface area (Å²) in [7, 11) is 0. The summed E-state index contributed by atoms with van der Waals surface area (Å²) in [4.78, 5) is 1.95. The number of hydrogen-bond acceptors (Lipinski definition) is 2. The second kappa shape index (κ2) is 3.99. The number of alkyl halides is 1. The highest BCUT2D eigenvalue weighted by Gasteiger charge is 2.37. The van der Waals surface area contributed by atoms with Crippen molar-refractivity contribution in [1.82, 2.24) is 0 Å². The monoisotopic (exact) mass is 228 g/mol. The SMILES string of the molecule is NCC1(F)CCN(c2ccccc2Cl)C1. The van der Waals surface area contributed by atoms with Gasteiger partial charge >= 0.3 is 0 Å². The van der Waals surface area contributed by atoms with Crippen LogP contribution in [0.15, 0.2) is 24.3 Å². The maximum absolute atomic E-state index is 13.9. The molecule has 0 spiro atoms. The van der Waals surface area contributed by atoms with Crippen molar-refractivity contribution in [2.24, 2.45) is 5.73 Å². The second-order valence-corrected chi connectivity index (χ2v) is 4.39. The van der Waals surface area contributed by atoms with E-state index in [9.17, 15) is 4.39 Å². The number of rotatable bonds is 2. The molecule has 1 atom stereocenters. The first-order valence-corrected chi connectivity index (χ1v) is 5.41. The summed E-state index contributed by atoms with van der Waals surface area (Å²) in [5.74, 6) is 0. The van der Waals surface area contributed by atoms with Gasteiger partial charge in [-0.05, 0) is 12.1 Å². The highest BCUT2D eigenvalue weighted by molar-refractivity contribution is 6.33. The minimum Gasteiger partial charge on any atom is -0.367 e. The Morgan fingerprint density at radius 1 is 1.47 bits per heavy atom. The molecule has 2 N–H and O–H groups in total. The molecule has 0 saturated carbocycles. The quantitative estimate of drug-likeness (QED) is 0.841. The standard InChI is InChI=1S/C11H14ClFN2/c12-9-3-1-2-4-10(9)15-6-5-11(13,7-14)8-15/h1-4H,5-8,14H2. The summed E-state index contributed by atoms with van der Waals surface area (Å²) >= 11 is 6.05. The van der Waals surface area contributed by atoms with Gasteiger partial charge in [0.25, 0.3) is 0 Å². The Bertz CT molecular complexity index is 358. The summed E-state index contributed by atoms with van der Waals surface area (Å²) in [5, 5.41) is 0.666. The molecule has 1 saturated heterocycles. The van der Waals surface area contributed by atoms with Crippen LogP contribution >= 0.6 is 11.6 Å². The normalized spacial score (nSPS) is 25.9. The Morgan fingerprint density at radius 3 is 2.80 bits per heavy atom. The smallest absolute Gasteiger partial charge is 0.142 e. The van der Waals surface area contributed by atoms with E-state index >= 15 is 0 Å². The molecular weight excluding hydrogens is 215 g/mol. The zero-order valence-corrected chi connectivity index (χ0v) is 9.17. The van der Waals surface area contributed by atoms with Crippen LogP contribution in [0.3, 0.4) is 0 Å². The number of anilines is 1. The van der Waals surface area contributed by atoms with Crippen LogP contribution in [0.1, 0.15) is 6.42 Å². The highest BCUT2D eigenvalue weighted by Crippen LogP contribution is 2.32. The molecule has 0 radical (unpaired) electrons. The third kappa shape index (κ3) is 2.08. The Hall–Kier alpha value is -0.800. The average molecular weight is 229 g/mol. The van der Waals surface area contributed by atoms with Gasteiger partial charge in [0, 0.05) is 19.5 Å². The lowest BCUT2D eigenvalue weighted by atomic mass is 10.1. The molecule has 1 unspecified atom stereocenters. The zero-order chi connectivity index (χ0) is 10.9. The van der Waals surface area contributed by atoms with Crippen molar-refractivity contribution in [3.05, 3.63) is 29.3 Å². The molecule has 1 fully saturated rings. The van der Waals surface area contributed by atoms with Gasteiger partial charge in [-0.2, -0.15) is 0 Å². The van der Waals surface area contributed by atoms with E-state index in [1.165, 1.54) is 0 Å². The molecule has 2 nitrogen and oxygen atoms in total. The first kappa shape index (κ1) is 10.7. The van der Waals surface area contributed by atoms with Gasteiger partial charge in [-0.1, -0.05) is 23.7 Å². The minimum absolute atomic E-state index is 0.0773. The summed E-state index contributed by atoms with van der Waals surface area (Å²) in [6.07, 6.45) is 0.481. The Labute approximate surface area is 93.8 Å². The van der Waals surface area contributed by atoms with Crippen LogP contribution in [0, 0.1) is 0 Å². The second-order valence-electron chi connectivity index (χ2n) is 3.98. The van der Waals surface area contributed by atoms with Gasteiger partial charge in [0.1, 0.15) is 5.67 Å². The third-order valence-electron chi connectivity index (χ3n) is 2.86. The number of benzene rings is 1. The minimum atomic E-state index is -1.25. The lowest BCUT2D eigenvalue weighted by Gasteiger charge is -2.21. The van der Waals surface area contributed by atoms with Crippen molar-refractivity contribution >= 4 is 17.3 Å². The largest absolute Gasteiger partial charge is 0.367 e. The summed E-state index contributed by atoms with van der Waals surface area (Å²) < 4.78 is 13.9. The molecule has 0 bridgehead atoms. The number of halogens is 2. The zero-order valence-electron chi connectivity index (χ0n) is 8.42. The molecule has 4 heteroatoms. The van der Waals surface area contributed by atoms with Crippen molar-refractivity contribution in [3.63, 3.8) is 0 Å².